The number of amides is 1. The Morgan fingerprint density at radius 1 is 1.19 bits per heavy atom. The van der Waals surface area contributed by atoms with Crippen molar-refractivity contribution in [2.24, 2.45) is 0 Å². The van der Waals surface area contributed by atoms with Gasteiger partial charge in [0.2, 0.25) is 5.89 Å². The molecular formula is C19H15ClN2O4. The first kappa shape index (κ1) is 17.7. The van der Waals surface area contributed by atoms with E-state index in [0.717, 1.165) is 6.08 Å². The Morgan fingerprint density at radius 2 is 1.92 bits per heavy atom. The highest BCUT2D eigenvalue weighted by Crippen LogP contribution is 2.16. The van der Waals surface area contributed by atoms with Crippen LogP contribution in [0.25, 0.3) is 17.2 Å². The number of esters is 1. The van der Waals surface area contributed by atoms with Crippen LogP contribution in [0.3, 0.4) is 0 Å². The van der Waals surface area contributed by atoms with Gasteiger partial charge in [0.05, 0.1) is 0 Å². The quantitative estimate of drug-likeness (QED) is 0.541. The molecule has 1 N–H and O–H groups in total. The lowest BCUT2D eigenvalue weighted by molar-refractivity contribution is -0.148. The predicted molar refractivity (Wildman–Crippen MR) is 98.7 cm³/mol. The molecular weight excluding hydrogens is 356 g/mol. The molecule has 1 heterocycles. The van der Waals surface area contributed by atoms with Gasteiger partial charge in [0.25, 0.3) is 5.91 Å². The van der Waals surface area contributed by atoms with Crippen LogP contribution in [-0.2, 0) is 14.3 Å². The largest absolute Gasteiger partial charge is 0.449 e. The van der Waals surface area contributed by atoms with Crippen LogP contribution in [0.15, 0.2) is 59.0 Å². The minimum Gasteiger partial charge on any atom is -0.449 e. The standard InChI is InChI=1S/C19H15ClN2O4/c1-12(19(24)21-14-8-6-13(20)7-9-14)25-18(23)11-10-17-22-15-4-2-3-5-16(15)26-17/h2-12H,1H3,(H,21,24)/b11-10+/t12-/m1/s1. The van der Waals surface area contributed by atoms with E-state index < -0.39 is 18.0 Å². The number of oxazole rings is 1. The molecule has 0 fully saturated rings. The van der Waals surface area contributed by atoms with Gasteiger partial charge in [0.15, 0.2) is 11.7 Å². The number of fused-ring (bicyclic) bond motifs is 1. The smallest absolute Gasteiger partial charge is 0.331 e. The monoisotopic (exact) mass is 370 g/mol. The van der Waals surface area contributed by atoms with Crippen molar-refractivity contribution < 1.29 is 18.7 Å². The van der Waals surface area contributed by atoms with Crippen LogP contribution >= 0.6 is 11.6 Å². The van der Waals surface area contributed by atoms with E-state index in [2.05, 4.69) is 10.3 Å². The fourth-order valence-electron chi connectivity index (χ4n) is 2.14. The van der Waals surface area contributed by atoms with Crippen LogP contribution in [-0.4, -0.2) is 23.0 Å². The van der Waals surface area contributed by atoms with Crippen LogP contribution < -0.4 is 5.32 Å². The summed E-state index contributed by atoms with van der Waals surface area (Å²) in [6, 6.07) is 13.9. The summed E-state index contributed by atoms with van der Waals surface area (Å²) in [5, 5.41) is 3.20. The molecule has 7 heteroatoms. The summed E-state index contributed by atoms with van der Waals surface area (Å²) < 4.78 is 10.5. The van der Waals surface area contributed by atoms with Gasteiger partial charge in [-0.25, -0.2) is 9.78 Å². The highest BCUT2D eigenvalue weighted by Gasteiger charge is 2.16. The first-order valence-electron chi connectivity index (χ1n) is 7.82. The van der Waals surface area contributed by atoms with E-state index in [1.54, 1.807) is 36.4 Å². The Hall–Kier alpha value is -3.12. The second-order valence-corrected chi connectivity index (χ2v) is 5.86. The number of rotatable bonds is 5. The third-order valence-corrected chi connectivity index (χ3v) is 3.70. The molecule has 2 aromatic carbocycles. The molecule has 1 atom stereocenters. The second kappa shape index (κ2) is 7.84. The number of aromatic nitrogens is 1. The number of benzene rings is 2. The predicted octanol–water partition coefficient (Wildman–Crippen LogP) is 4.06. The van der Waals surface area contributed by atoms with E-state index in [1.807, 2.05) is 12.1 Å². The third-order valence-electron chi connectivity index (χ3n) is 3.45. The molecule has 1 aromatic heterocycles. The van der Waals surface area contributed by atoms with Crippen molar-refractivity contribution >= 4 is 46.3 Å². The van der Waals surface area contributed by atoms with Crippen molar-refractivity contribution in [2.45, 2.75) is 13.0 Å². The zero-order chi connectivity index (χ0) is 18.5. The molecule has 26 heavy (non-hydrogen) atoms. The molecule has 1 amide bonds. The first-order valence-corrected chi connectivity index (χ1v) is 8.20. The summed E-state index contributed by atoms with van der Waals surface area (Å²) in [5.74, 6) is -0.844. The molecule has 0 aliphatic heterocycles. The second-order valence-electron chi connectivity index (χ2n) is 5.43. The van der Waals surface area contributed by atoms with Crippen molar-refractivity contribution in [3.8, 4) is 0 Å². The number of carbonyl (C=O) groups excluding carboxylic acids is 2. The maximum absolute atomic E-state index is 12.0. The molecule has 0 unspecified atom stereocenters. The number of hydrogen-bond acceptors (Lipinski definition) is 5. The maximum Gasteiger partial charge on any atom is 0.331 e. The molecule has 0 saturated carbocycles. The van der Waals surface area contributed by atoms with Crippen molar-refractivity contribution in [1.29, 1.82) is 0 Å². The minimum atomic E-state index is -0.966. The highest BCUT2D eigenvalue weighted by atomic mass is 35.5. The summed E-state index contributed by atoms with van der Waals surface area (Å²) in [4.78, 5) is 28.1. The Morgan fingerprint density at radius 3 is 2.65 bits per heavy atom. The zero-order valence-electron chi connectivity index (χ0n) is 13.8. The first-order chi connectivity index (χ1) is 12.5. The van der Waals surface area contributed by atoms with Crippen molar-refractivity contribution in [3.63, 3.8) is 0 Å². The molecule has 3 aromatic rings. The van der Waals surface area contributed by atoms with Crippen molar-refractivity contribution in [2.75, 3.05) is 5.32 Å². The van der Waals surface area contributed by atoms with E-state index in [9.17, 15) is 9.59 Å². The van der Waals surface area contributed by atoms with E-state index in [0.29, 0.717) is 21.8 Å². The lowest BCUT2D eigenvalue weighted by Crippen LogP contribution is -2.29. The van der Waals surface area contributed by atoms with Gasteiger partial charge < -0.3 is 14.5 Å². The molecule has 6 nitrogen and oxygen atoms in total. The Kier molecular flexibility index (Phi) is 5.34. The summed E-state index contributed by atoms with van der Waals surface area (Å²) in [6.07, 6.45) is 1.59. The lowest BCUT2D eigenvalue weighted by Gasteiger charge is -2.12. The van der Waals surface area contributed by atoms with Crippen LogP contribution in [0.5, 0.6) is 0 Å². The topological polar surface area (TPSA) is 81.4 Å². The van der Waals surface area contributed by atoms with E-state index in [1.165, 1.54) is 13.0 Å². The number of hydrogen-bond donors (Lipinski definition) is 1. The zero-order valence-corrected chi connectivity index (χ0v) is 14.6. The summed E-state index contributed by atoms with van der Waals surface area (Å²) in [6.45, 7) is 1.48. The van der Waals surface area contributed by atoms with Gasteiger partial charge in [-0.15, -0.1) is 0 Å². The van der Waals surface area contributed by atoms with Crippen LogP contribution in [0.1, 0.15) is 12.8 Å². The van der Waals surface area contributed by atoms with E-state index >= 15 is 0 Å². The molecule has 0 radical (unpaired) electrons. The third kappa shape index (κ3) is 4.49. The fourth-order valence-corrected chi connectivity index (χ4v) is 2.27. The normalized spacial score (nSPS) is 12.2. The Bertz CT molecular complexity index is 930. The van der Waals surface area contributed by atoms with Gasteiger partial charge in [-0.1, -0.05) is 23.7 Å². The maximum atomic E-state index is 12.0. The number of ether oxygens (including phenoxy) is 1. The van der Waals surface area contributed by atoms with Crippen LogP contribution in [0, 0.1) is 0 Å². The van der Waals surface area contributed by atoms with Gasteiger partial charge in [-0.2, -0.15) is 0 Å². The molecule has 0 saturated heterocycles. The Labute approximate surface area is 154 Å². The molecule has 0 aliphatic rings. The number of anilines is 1. The molecule has 0 spiro atoms. The summed E-state index contributed by atoms with van der Waals surface area (Å²) >= 11 is 5.79. The number of para-hydroxylation sites is 2. The molecule has 0 bridgehead atoms. The van der Waals surface area contributed by atoms with Crippen LogP contribution in [0.2, 0.25) is 5.02 Å². The van der Waals surface area contributed by atoms with Crippen molar-refractivity contribution in [3.05, 3.63) is 65.5 Å². The Balaban J connectivity index is 1.56. The van der Waals surface area contributed by atoms with Gasteiger partial charge in [-0.05, 0) is 43.3 Å². The van der Waals surface area contributed by atoms with E-state index in [-0.39, 0.29) is 5.89 Å². The number of halogens is 1. The lowest BCUT2D eigenvalue weighted by atomic mass is 10.3. The van der Waals surface area contributed by atoms with E-state index in [4.69, 9.17) is 20.8 Å². The summed E-state index contributed by atoms with van der Waals surface area (Å²) in [7, 11) is 0. The average molecular weight is 371 g/mol. The van der Waals surface area contributed by atoms with Gasteiger partial charge >= 0.3 is 5.97 Å². The van der Waals surface area contributed by atoms with Crippen molar-refractivity contribution in [1.82, 2.24) is 4.98 Å². The average Bonchev–Trinajstić information content (AvgIpc) is 3.05. The highest BCUT2D eigenvalue weighted by molar-refractivity contribution is 6.30. The summed E-state index contributed by atoms with van der Waals surface area (Å²) in [5.41, 5.74) is 1.87. The number of nitrogens with one attached hydrogen (secondary N) is 1. The van der Waals surface area contributed by atoms with Crippen LogP contribution in [0.4, 0.5) is 5.69 Å². The SMILES string of the molecule is C[C@@H](OC(=O)/C=C/c1nc2ccccc2o1)C(=O)Nc1ccc(Cl)cc1. The molecule has 3 rings (SSSR count). The number of carbonyl (C=O) groups is 2. The minimum absolute atomic E-state index is 0.279. The van der Waals surface area contributed by atoms with Gasteiger partial charge in [0.1, 0.15) is 5.52 Å². The molecule has 132 valence electrons. The molecule has 0 aliphatic carbocycles. The number of nitrogens with zero attached hydrogens (tertiary/aromatic N) is 1. The fraction of sp³-hybridized carbons (Fsp3) is 0.105. The van der Waals surface area contributed by atoms with Gasteiger partial charge in [0, 0.05) is 22.9 Å². The van der Waals surface area contributed by atoms with Gasteiger partial charge in [-0.3, -0.25) is 4.79 Å².